The lowest BCUT2D eigenvalue weighted by Crippen LogP contribution is -2.22. The van der Waals surface area contributed by atoms with Crippen molar-refractivity contribution in [3.05, 3.63) is 66.4 Å². The molecule has 0 bridgehead atoms. The number of pyridine rings is 2. The fourth-order valence-electron chi connectivity index (χ4n) is 3.84. The molecule has 0 unspecified atom stereocenters. The molecule has 3 aromatic heterocycles. The zero-order valence-electron chi connectivity index (χ0n) is 17.3. The molecule has 0 radical (unpaired) electrons. The Hall–Kier alpha value is -3.65. The van der Waals surface area contributed by atoms with Gasteiger partial charge in [-0.25, -0.2) is 13.9 Å². The normalized spacial score (nSPS) is 18.1. The highest BCUT2D eigenvalue weighted by molar-refractivity contribution is 7.99. The van der Waals surface area contributed by atoms with Crippen LogP contribution in [-0.2, 0) is 0 Å². The van der Waals surface area contributed by atoms with E-state index in [4.69, 9.17) is 5.73 Å². The standard InChI is InChI=1S/C23H19FN6O2S/c24-16-2-3-20(14(5-16)7-25)33-21-6-15(10-30-23(21)17(26)9-28-30)13-1-4-22(27-8-13)29-11-18(31)19(32)12-29/h1-6,8-10,18-19,31-32H,11-12,26H2/t18-,19-/m0/s1. The fraction of sp³-hybridized carbons (Fsp3) is 0.174. The predicted octanol–water partition coefficient (Wildman–Crippen LogP) is 2.68. The maximum atomic E-state index is 13.6. The fourth-order valence-corrected chi connectivity index (χ4v) is 4.92. The Morgan fingerprint density at radius 2 is 1.85 bits per heavy atom. The van der Waals surface area contributed by atoms with Crippen LogP contribution in [0.25, 0.3) is 16.6 Å². The van der Waals surface area contributed by atoms with Gasteiger partial charge in [0.15, 0.2) is 0 Å². The van der Waals surface area contributed by atoms with Gasteiger partial charge in [-0.1, -0.05) is 11.8 Å². The third-order valence-corrected chi connectivity index (χ3v) is 6.66. The number of nitrogens with zero attached hydrogens (tertiary/aromatic N) is 5. The van der Waals surface area contributed by atoms with Gasteiger partial charge in [-0.2, -0.15) is 10.4 Å². The molecule has 10 heteroatoms. The van der Waals surface area contributed by atoms with Gasteiger partial charge in [0.1, 0.15) is 23.2 Å². The number of hydrogen-bond donors (Lipinski definition) is 3. The van der Waals surface area contributed by atoms with E-state index in [-0.39, 0.29) is 5.56 Å². The van der Waals surface area contributed by atoms with Crippen molar-refractivity contribution in [1.29, 1.82) is 5.26 Å². The first-order valence-electron chi connectivity index (χ1n) is 10.1. The number of fused-ring (bicyclic) bond motifs is 1. The van der Waals surface area contributed by atoms with Crippen molar-refractivity contribution >= 4 is 28.8 Å². The Morgan fingerprint density at radius 1 is 1.06 bits per heavy atom. The number of nitrogens with two attached hydrogens (primary N) is 1. The zero-order chi connectivity index (χ0) is 23.1. The molecule has 0 amide bonds. The SMILES string of the molecule is N#Cc1cc(F)ccc1Sc1cc(-c2ccc(N3C[C@H](O)[C@@H](O)C3)nc2)cn2ncc(N)c12. The molecule has 8 nitrogen and oxygen atoms in total. The second kappa shape index (κ2) is 8.37. The van der Waals surface area contributed by atoms with Crippen LogP contribution in [0.15, 0.2) is 64.8 Å². The summed E-state index contributed by atoms with van der Waals surface area (Å²) in [5.74, 6) is 0.196. The van der Waals surface area contributed by atoms with E-state index < -0.39 is 18.0 Å². The molecule has 4 N–H and O–H groups in total. The minimum atomic E-state index is -0.788. The first-order chi connectivity index (χ1) is 15.9. The molecular formula is C23H19FN6O2S. The maximum absolute atomic E-state index is 13.6. The van der Waals surface area contributed by atoms with Crippen molar-refractivity contribution in [2.24, 2.45) is 0 Å². The average Bonchev–Trinajstić information content (AvgIpc) is 3.36. The minimum Gasteiger partial charge on any atom is -0.396 e. The number of aliphatic hydroxyl groups excluding tert-OH is 2. The molecule has 2 atom stereocenters. The van der Waals surface area contributed by atoms with Gasteiger partial charge < -0.3 is 20.8 Å². The summed E-state index contributed by atoms with van der Waals surface area (Å²) >= 11 is 1.31. The molecule has 1 aliphatic rings. The second-order valence-corrected chi connectivity index (χ2v) is 8.87. The molecule has 1 fully saturated rings. The molecule has 33 heavy (non-hydrogen) atoms. The third kappa shape index (κ3) is 3.98. The maximum Gasteiger partial charge on any atom is 0.128 e. The molecule has 5 rings (SSSR count). The van der Waals surface area contributed by atoms with Crippen molar-refractivity contribution in [3.8, 4) is 17.2 Å². The molecule has 1 aromatic carbocycles. The number of aromatic nitrogens is 3. The van der Waals surface area contributed by atoms with Gasteiger partial charge >= 0.3 is 0 Å². The number of halogens is 1. The van der Waals surface area contributed by atoms with Crippen LogP contribution in [0.3, 0.4) is 0 Å². The summed E-state index contributed by atoms with van der Waals surface area (Å²) < 4.78 is 15.3. The molecule has 1 saturated heterocycles. The highest BCUT2D eigenvalue weighted by Crippen LogP contribution is 2.38. The summed E-state index contributed by atoms with van der Waals surface area (Å²) in [4.78, 5) is 7.70. The summed E-state index contributed by atoms with van der Waals surface area (Å²) in [7, 11) is 0. The Kier molecular flexibility index (Phi) is 5.38. The van der Waals surface area contributed by atoms with Crippen LogP contribution < -0.4 is 10.6 Å². The van der Waals surface area contributed by atoms with E-state index in [2.05, 4.69) is 10.1 Å². The smallest absolute Gasteiger partial charge is 0.128 e. The molecule has 0 aliphatic carbocycles. The van der Waals surface area contributed by atoms with Gasteiger partial charge in [0, 0.05) is 46.4 Å². The van der Waals surface area contributed by atoms with Gasteiger partial charge in [0.25, 0.3) is 0 Å². The summed E-state index contributed by atoms with van der Waals surface area (Å²) in [6.45, 7) is 0.650. The van der Waals surface area contributed by atoms with Crippen LogP contribution in [0.2, 0.25) is 0 Å². The lowest BCUT2D eigenvalue weighted by molar-refractivity contribution is 0.0572. The van der Waals surface area contributed by atoms with E-state index in [1.165, 1.54) is 23.9 Å². The number of nitrogen functional groups attached to an aromatic ring is 1. The Labute approximate surface area is 192 Å². The van der Waals surface area contributed by atoms with Gasteiger partial charge in [0.2, 0.25) is 0 Å². The highest BCUT2D eigenvalue weighted by Gasteiger charge is 2.30. The van der Waals surface area contributed by atoms with E-state index >= 15 is 0 Å². The number of nitriles is 1. The van der Waals surface area contributed by atoms with Crippen molar-refractivity contribution in [3.63, 3.8) is 0 Å². The van der Waals surface area contributed by atoms with Gasteiger partial charge in [-0.15, -0.1) is 0 Å². The molecule has 0 saturated carbocycles. The van der Waals surface area contributed by atoms with Crippen LogP contribution in [0.1, 0.15) is 5.56 Å². The van der Waals surface area contributed by atoms with E-state index in [0.29, 0.717) is 35.0 Å². The third-order valence-electron chi connectivity index (χ3n) is 5.55. The molecule has 1 aliphatic heterocycles. The molecule has 4 aromatic rings. The lowest BCUT2D eigenvalue weighted by atomic mass is 10.1. The molecule has 4 heterocycles. The Bertz CT molecular complexity index is 1370. The van der Waals surface area contributed by atoms with Crippen LogP contribution in [0, 0.1) is 17.1 Å². The number of hydrogen-bond acceptors (Lipinski definition) is 8. The monoisotopic (exact) mass is 462 g/mol. The van der Waals surface area contributed by atoms with Crippen molar-refractivity contribution in [2.75, 3.05) is 23.7 Å². The van der Waals surface area contributed by atoms with Crippen LogP contribution >= 0.6 is 11.8 Å². The van der Waals surface area contributed by atoms with Crippen molar-refractivity contribution in [2.45, 2.75) is 22.0 Å². The molecule has 166 valence electrons. The topological polar surface area (TPSA) is 124 Å². The highest BCUT2D eigenvalue weighted by atomic mass is 32.2. The number of β-amino-alcohol motifs (C(OH)–C–C–N with tert-alkyl or cyclic N) is 2. The van der Waals surface area contributed by atoms with Crippen LogP contribution in [-0.4, -0.2) is 50.1 Å². The van der Waals surface area contributed by atoms with Gasteiger partial charge in [-0.3, -0.25) is 0 Å². The second-order valence-electron chi connectivity index (χ2n) is 7.79. The largest absolute Gasteiger partial charge is 0.396 e. The molecular weight excluding hydrogens is 443 g/mol. The number of aliphatic hydroxyl groups is 2. The van der Waals surface area contributed by atoms with E-state index in [0.717, 1.165) is 16.0 Å². The van der Waals surface area contributed by atoms with Crippen molar-refractivity contribution < 1.29 is 14.6 Å². The number of rotatable bonds is 4. The first-order valence-corrected chi connectivity index (χ1v) is 11.0. The van der Waals surface area contributed by atoms with Crippen LogP contribution in [0.4, 0.5) is 15.9 Å². The summed E-state index contributed by atoms with van der Waals surface area (Å²) in [5.41, 5.74) is 9.23. The predicted molar refractivity (Wildman–Crippen MR) is 122 cm³/mol. The van der Waals surface area contributed by atoms with Crippen LogP contribution in [0.5, 0.6) is 0 Å². The van der Waals surface area contributed by atoms with E-state index in [9.17, 15) is 19.9 Å². The first kappa shape index (κ1) is 21.2. The number of anilines is 2. The van der Waals surface area contributed by atoms with Crippen molar-refractivity contribution in [1.82, 2.24) is 14.6 Å². The molecule has 0 spiro atoms. The van der Waals surface area contributed by atoms with E-state index in [1.54, 1.807) is 23.0 Å². The van der Waals surface area contributed by atoms with Gasteiger partial charge in [0.05, 0.1) is 29.7 Å². The van der Waals surface area contributed by atoms with Gasteiger partial charge in [-0.05, 0) is 36.4 Å². The summed E-state index contributed by atoms with van der Waals surface area (Å²) in [6.07, 6.45) is 3.54. The Balaban J connectivity index is 1.52. The lowest BCUT2D eigenvalue weighted by Gasteiger charge is -2.16. The summed E-state index contributed by atoms with van der Waals surface area (Å²) in [5, 5.41) is 33.3. The zero-order valence-corrected chi connectivity index (χ0v) is 18.1. The van der Waals surface area contributed by atoms with E-state index in [1.807, 2.05) is 35.4 Å². The minimum absolute atomic E-state index is 0.239. The average molecular weight is 463 g/mol. The Morgan fingerprint density at radius 3 is 2.55 bits per heavy atom. The number of benzene rings is 1. The summed E-state index contributed by atoms with van der Waals surface area (Å²) in [6, 6.07) is 11.8. The quantitative estimate of drug-likeness (QED) is 0.423.